The maximum absolute atomic E-state index is 13.2. The molecule has 2 aromatic rings. The third-order valence-electron chi connectivity index (χ3n) is 3.20. The second-order valence-electron chi connectivity index (χ2n) is 4.93. The van der Waals surface area contributed by atoms with Gasteiger partial charge in [-0.25, -0.2) is 9.37 Å². The average Bonchev–Trinajstić information content (AvgIpc) is 2.45. The number of ether oxygens (including phenoxy) is 1. The monoisotopic (exact) mass is 289 g/mol. The summed E-state index contributed by atoms with van der Waals surface area (Å²) < 4.78 is 19.0. The van der Waals surface area contributed by atoms with E-state index >= 15 is 0 Å². The van der Waals surface area contributed by atoms with Crippen LogP contribution in [-0.2, 0) is 6.42 Å². The topological polar surface area (TPSA) is 47.0 Å². The van der Waals surface area contributed by atoms with Gasteiger partial charge in [-0.3, -0.25) is 0 Å². The number of aromatic nitrogens is 2. The fourth-order valence-electron chi connectivity index (χ4n) is 2.05. The Labute approximate surface area is 124 Å². The Hall–Kier alpha value is -2.17. The first kappa shape index (κ1) is 15.2. The average molecular weight is 289 g/mol. The maximum atomic E-state index is 13.2. The standard InChI is InChI=1S/C16H20FN3O/c1-5-6-14-19-15(18-4)11(3)16(20-14)21-13-8-7-12(17)9-10(13)2/h7-9H,5-6H2,1-4H3,(H,18,19,20). The second kappa shape index (κ2) is 6.52. The first-order chi connectivity index (χ1) is 10.0. The van der Waals surface area contributed by atoms with Crippen LogP contribution in [0.3, 0.4) is 0 Å². The summed E-state index contributed by atoms with van der Waals surface area (Å²) >= 11 is 0. The lowest BCUT2D eigenvalue weighted by atomic mass is 10.2. The summed E-state index contributed by atoms with van der Waals surface area (Å²) in [4.78, 5) is 8.92. The summed E-state index contributed by atoms with van der Waals surface area (Å²) in [5, 5.41) is 3.05. The molecule has 1 heterocycles. The van der Waals surface area contributed by atoms with E-state index in [9.17, 15) is 4.39 Å². The van der Waals surface area contributed by atoms with Crippen molar-refractivity contribution in [2.75, 3.05) is 12.4 Å². The number of nitrogens with zero attached hydrogens (tertiary/aromatic N) is 2. The highest BCUT2D eigenvalue weighted by Crippen LogP contribution is 2.29. The van der Waals surface area contributed by atoms with E-state index in [1.807, 2.05) is 14.0 Å². The van der Waals surface area contributed by atoms with Crippen molar-refractivity contribution in [1.29, 1.82) is 0 Å². The SMILES string of the molecule is CCCc1nc(NC)c(C)c(Oc2ccc(F)cc2C)n1. The molecule has 4 nitrogen and oxygen atoms in total. The van der Waals surface area contributed by atoms with Crippen LogP contribution in [0.5, 0.6) is 11.6 Å². The molecule has 0 unspecified atom stereocenters. The van der Waals surface area contributed by atoms with Crippen molar-refractivity contribution in [1.82, 2.24) is 9.97 Å². The van der Waals surface area contributed by atoms with Crippen LogP contribution in [0.2, 0.25) is 0 Å². The quantitative estimate of drug-likeness (QED) is 0.903. The first-order valence-electron chi connectivity index (χ1n) is 7.04. The zero-order chi connectivity index (χ0) is 15.4. The fraction of sp³-hybridized carbons (Fsp3) is 0.375. The predicted octanol–water partition coefficient (Wildman–Crippen LogP) is 4.02. The molecule has 0 radical (unpaired) electrons. The molecule has 5 heteroatoms. The van der Waals surface area contributed by atoms with Crippen molar-refractivity contribution in [2.45, 2.75) is 33.6 Å². The van der Waals surface area contributed by atoms with Gasteiger partial charge in [-0.15, -0.1) is 0 Å². The minimum absolute atomic E-state index is 0.276. The zero-order valence-corrected chi connectivity index (χ0v) is 12.8. The highest BCUT2D eigenvalue weighted by molar-refractivity contribution is 5.49. The largest absolute Gasteiger partial charge is 0.438 e. The Bertz CT molecular complexity index is 644. The van der Waals surface area contributed by atoms with Crippen molar-refractivity contribution in [2.24, 2.45) is 0 Å². The van der Waals surface area contributed by atoms with E-state index in [4.69, 9.17) is 4.74 Å². The van der Waals surface area contributed by atoms with E-state index in [1.165, 1.54) is 12.1 Å². The second-order valence-corrected chi connectivity index (χ2v) is 4.93. The highest BCUT2D eigenvalue weighted by atomic mass is 19.1. The highest BCUT2D eigenvalue weighted by Gasteiger charge is 2.13. The summed E-state index contributed by atoms with van der Waals surface area (Å²) in [6, 6.07) is 4.44. The van der Waals surface area contributed by atoms with Crippen LogP contribution in [0.4, 0.5) is 10.2 Å². The van der Waals surface area contributed by atoms with Crippen LogP contribution in [0.1, 0.15) is 30.3 Å². The van der Waals surface area contributed by atoms with E-state index in [2.05, 4.69) is 22.2 Å². The number of benzene rings is 1. The molecule has 0 atom stereocenters. The van der Waals surface area contributed by atoms with E-state index in [1.54, 1.807) is 13.0 Å². The molecule has 2 rings (SSSR count). The fourth-order valence-corrected chi connectivity index (χ4v) is 2.05. The van der Waals surface area contributed by atoms with Crippen LogP contribution in [0, 0.1) is 19.7 Å². The summed E-state index contributed by atoms with van der Waals surface area (Å²) in [5.41, 5.74) is 1.57. The molecule has 0 saturated carbocycles. The van der Waals surface area contributed by atoms with Gasteiger partial charge >= 0.3 is 0 Å². The molecule has 1 aromatic carbocycles. The van der Waals surface area contributed by atoms with Gasteiger partial charge in [0, 0.05) is 13.5 Å². The number of nitrogens with one attached hydrogen (secondary N) is 1. The summed E-state index contributed by atoms with van der Waals surface area (Å²) in [6.07, 6.45) is 1.74. The van der Waals surface area contributed by atoms with Gasteiger partial charge in [-0.1, -0.05) is 6.92 Å². The van der Waals surface area contributed by atoms with Gasteiger partial charge in [0.2, 0.25) is 5.88 Å². The van der Waals surface area contributed by atoms with Gasteiger partial charge in [-0.05, 0) is 44.0 Å². The molecule has 0 saturated heterocycles. The molecule has 0 bridgehead atoms. The Morgan fingerprint density at radius 3 is 2.62 bits per heavy atom. The van der Waals surface area contributed by atoms with Crippen molar-refractivity contribution in [3.05, 3.63) is 41.0 Å². The normalized spacial score (nSPS) is 10.5. The van der Waals surface area contributed by atoms with E-state index in [0.29, 0.717) is 11.6 Å². The predicted molar refractivity (Wildman–Crippen MR) is 81.5 cm³/mol. The Morgan fingerprint density at radius 2 is 2.00 bits per heavy atom. The molecule has 0 aliphatic heterocycles. The van der Waals surface area contributed by atoms with Gasteiger partial charge < -0.3 is 10.1 Å². The Morgan fingerprint density at radius 1 is 1.24 bits per heavy atom. The minimum atomic E-state index is -0.276. The van der Waals surface area contributed by atoms with Crippen molar-refractivity contribution in [3.8, 4) is 11.6 Å². The van der Waals surface area contributed by atoms with Crippen LogP contribution in [-0.4, -0.2) is 17.0 Å². The van der Waals surface area contributed by atoms with Crippen LogP contribution in [0.25, 0.3) is 0 Å². The molecule has 112 valence electrons. The Balaban J connectivity index is 2.40. The summed E-state index contributed by atoms with van der Waals surface area (Å²) in [6.45, 7) is 5.78. The van der Waals surface area contributed by atoms with Crippen LogP contribution in [0.15, 0.2) is 18.2 Å². The van der Waals surface area contributed by atoms with E-state index in [0.717, 1.165) is 35.6 Å². The number of anilines is 1. The molecule has 0 aliphatic carbocycles. The maximum Gasteiger partial charge on any atom is 0.227 e. The minimum Gasteiger partial charge on any atom is -0.438 e. The molecular weight excluding hydrogens is 269 g/mol. The van der Waals surface area contributed by atoms with Crippen molar-refractivity contribution in [3.63, 3.8) is 0 Å². The molecular formula is C16H20FN3O. The molecule has 0 amide bonds. The van der Waals surface area contributed by atoms with Gasteiger partial charge in [0.15, 0.2) is 0 Å². The van der Waals surface area contributed by atoms with Crippen molar-refractivity contribution >= 4 is 5.82 Å². The summed E-state index contributed by atoms with van der Waals surface area (Å²) in [5.74, 6) is 2.32. The molecule has 0 fully saturated rings. The molecule has 0 spiro atoms. The molecule has 21 heavy (non-hydrogen) atoms. The lowest BCUT2D eigenvalue weighted by Crippen LogP contribution is -2.05. The smallest absolute Gasteiger partial charge is 0.227 e. The third-order valence-corrected chi connectivity index (χ3v) is 3.20. The van der Waals surface area contributed by atoms with Gasteiger partial charge in [-0.2, -0.15) is 4.98 Å². The zero-order valence-electron chi connectivity index (χ0n) is 12.8. The summed E-state index contributed by atoms with van der Waals surface area (Å²) in [7, 11) is 1.82. The lowest BCUT2D eigenvalue weighted by Gasteiger charge is -2.14. The van der Waals surface area contributed by atoms with Gasteiger partial charge in [0.25, 0.3) is 0 Å². The van der Waals surface area contributed by atoms with Crippen LogP contribution >= 0.6 is 0 Å². The number of halogens is 1. The number of rotatable bonds is 5. The van der Waals surface area contributed by atoms with E-state index in [-0.39, 0.29) is 5.82 Å². The molecule has 1 aromatic heterocycles. The lowest BCUT2D eigenvalue weighted by molar-refractivity contribution is 0.449. The van der Waals surface area contributed by atoms with Crippen molar-refractivity contribution < 1.29 is 9.13 Å². The Kier molecular flexibility index (Phi) is 4.73. The number of hydrogen-bond donors (Lipinski definition) is 1. The van der Waals surface area contributed by atoms with Gasteiger partial charge in [0.1, 0.15) is 23.2 Å². The molecule has 0 aliphatic rings. The van der Waals surface area contributed by atoms with Crippen LogP contribution < -0.4 is 10.1 Å². The number of aryl methyl sites for hydroxylation is 2. The van der Waals surface area contributed by atoms with Gasteiger partial charge in [0.05, 0.1) is 5.56 Å². The first-order valence-corrected chi connectivity index (χ1v) is 7.04. The van der Waals surface area contributed by atoms with E-state index < -0.39 is 0 Å². The third kappa shape index (κ3) is 3.48. The molecule has 1 N–H and O–H groups in total. The number of hydrogen-bond acceptors (Lipinski definition) is 4.